The van der Waals surface area contributed by atoms with Gasteiger partial charge in [0.25, 0.3) is 5.91 Å². The Bertz CT molecular complexity index is 922. The second kappa shape index (κ2) is 8.98. The molecule has 0 saturated carbocycles. The Hall–Kier alpha value is -3.35. The third-order valence-electron chi connectivity index (χ3n) is 5.00. The van der Waals surface area contributed by atoms with Crippen molar-refractivity contribution in [1.82, 2.24) is 10.3 Å². The smallest absolute Gasteiger partial charge is 0.346 e. The average molecular weight is 409 g/mol. The highest BCUT2D eigenvalue weighted by atomic mass is 16.5. The fourth-order valence-electron chi connectivity index (χ4n) is 3.04. The van der Waals surface area contributed by atoms with Gasteiger partial charge in [0.15, 0.2) is 0 Å². The number of nitrogens with zero attached hydrogens (tertiary/aromatic N) is 2. The van der Waals surface area contributed by atoms with E-state index in [1.165, 1.54) is 6.21 Å². The number of ether oxygens (including phenoxy) is 2. The summed E-state index contributed by atoms with van der Waals surface area (Å²) in [5.41, 5.74) is 0.224. The Morgan fingerprint density at radius 1 is 1.07 bits per heavy atom. The van der Waals surface area contributed by atoms with Gasteiger partial charge >= 0.3 is 6.03 Å². The maximum Gasteiger partial charge on any atom is 0.346 e. The van der Waals surface area contributed by atoms with Gasteiger partial charge in [0.1, 0.15) is 17.0 Å². The van der Waals surface area contributed by atoms with Crippen LogP contribution in [0, 0.1) is 5.92 Å². The van der Waals surface area contributed by atoms with Gasteiger partial charge in [-0.2, -0.15) is 5.10 Å². The topological polar surface area (TPSA) is 80.2 Å². The third-order valence-corrected chi connectivity index (χ3v) is 5.00. The first kappa shape index (κ1) is 21.4. The number of hydrogen-bond donors (Lipinski definition) is 1. The summed E-state index contributed by atoms with van der Waals surface area (Å²) in [6, 6.07) is 13.8. The van der Waals surface area contributed by atoms with Gasteiger partial charge in [-0.25, -0.2) is 4.79 Å². The van der Waals surface area contributed by atoms with E-state index >= 15 is 0 Å². The molecule has 1 saturated heterocycles. The van der Waals surface area contributed by atoms with Gasteiger partial charge in [-0.05, 0) is 66.8 Å². The first-order valence-corrected chi connectivity index (χ1v) is 9.91. The molecule has 2 aromatic carbocycles. The SMILES string of the molecule is COc1ccc([C@@]2(C)NC(=O)N(/N=C\c3ccc(OCCC(C)C)cc3)C2=O)cc1. The van der Waals surface area contributed by atoms with E-state index in [0.29, 0.717) is 23.8 Å². The van der Waals surface area contributed by atoms with Crippen LogP contribution in [0.2, 0.25) is 0 Å². The van der Waals surface area contributed by atoms with Crippen LogP contribution in [0.4, 0.5) is 4.79 Å². The lowest BCUT2D eigenvalue weighted by atomic mass is 9.92. The molecule has 3 rings (SSSR count). The number of nitrogens with one attached hydrogen (secondary N) is 1. The number of carbonyl (C=O) groups is 2. The monoisotopic (exact) mass is 409 g/mol. The van der Waals surface area contributed by atoms with Crippen LogP contribution in [0.3, 0.4) is 0 Å². The summed E-state index contributed by atoms with van der Waals surface area (Å²) in [5, 5.41) is 7.69. The third kappa shape index (κ3) is 4.62. The largest absolute Gasteiger partial charge is 0.497 e. The van der Waals surface area contributed by atoms with E-state index in [1.807, 2.05) is 24.3 Å². The second-order valence-corrected chi connectivity index (χ2v) is 7.75. The number of amides is 3. The standard InChI is InChI=1S/C23H27N3O4/c1-16(2)13-14-30-20-9-5-17(6-10-20)15-24-26-21(27)23(3,25-22(26)28)18-7-11-19(29-4)12-8-18/h5-12,15-16H,13-14H2,1-4H3,(H,25,28)/b24-15-/t23-/m1/s1. The summed E-state index contributed by atoms with van der Waals surface area (Å²) >= 11 is 0. The number of hydrogen-bond acceptors (Lipinski definition) is 5. The lowest BCUT2D eigenvalue weighted by Crippen LogP contribution is -2.40. The molecule has 1 aliphatic heterocycles. The van der Waals surface area contributed by atoms with Gasteiger partial charge in [0.05, 0.1) is 19.9 Å². The first-order valence-electron chi connectivity index (χ1n) is 9.91. The van der Waals surface area contributed by atoms with Gasteiger partial charge in [-0.1, -0.05) is 26.0 Å². The predicted molar refractivity (Wildman–Crippen MR) is 115 cm³/mol. The predicted octanol–water partition coefficient (Wildman–Crippen LogP) is 3.92. The maximum atomic E-state index is 12.9. The van der Waals surface area contributed by atoms with Crippen LogP contribution in [-0.4, -0.2) is 36.9 Å². The summed E-state index contributed by atoms with van der Waals surface area (Å²) in [4.78, 5) is 25.3. The molecule has 30 heavy (non-hydrogen) atoms. The van der Waals surface area contributed by atoms with Crippen molar-refractivity contribution in [3.63, 3.8) is 0 Å². The molecule has 0 unspecified atom stereocenters. The zero-order valence-electron chi connectivity index (χ0n) is 17.7. The van der Waals surface area contributed by atoms with E-state index in [0.717, 1.165) is 22.7 Å². The van der Waals surface area contributed by atoms with Crippen LogP contribution >= 0.6 is 0 Å². The van der Waals surface area contributed by atoms with Crippen molar-refractivity contribution in [2.45, 2.75) is 32.7 Å². The van der Waals surface area contributed by atoms with Gasteiger partial charge in [0, 0.05) is 0 Å². The van der Waals surface area contributed by atoms with Crippen molar-refractivity contribution in [1.29, 1.82) is 0 Å². The lowest BCUT2D eigenvalue weighted by Gasteiger charge is -2.21. The number of rotatable bonds is 8. The minimum Gasteiger partial charge on any atom is -0.497 e. The Labute approximate surface area is 176 Å². The first-order chi connectivity index (χ1) is 14.3. The highest BCUT2D eigenvalue weighted by molar-refractivity contribution is 6.07. The highest BCUT2D eigenvalue weighted by Gasteiger charge is 2.49. The number of carbonyl (C=O) groups excluding carboxylic acids is 2. The van der Waals surface area contributed by atoms with Crippen molar-refractivity contribution < 1.29 is 19.1 Å². The molecule has 158 valence electrons. The second-order valence-electron chi connectivity index (χ2n) is 7.75. The molecule has 7 heteroatoms. The minimum atomic E-state index is -1.19. The number of benzene rings is 2. The summed E-state index contributed by atoms with van der Waals surface area (Å²) in [7, 11) is 1.57. The number of imide groups is 1. The Kier molecular flexibility index (Phi) is 6.40. The molecule has 0 aromatic heterocycles. The normalized spacial score (nSPS) is 18.9. The van der Waals surface area contributed by atoms with Gasteiger partial charge in [0.2, 0.25) is 0 Å². The van der Waals surface area contributed by atoms with Crippen LogP contribution in [0.25, 0.3) is 0 Å². The van der Waals surface area contributed by atoms with E-state index in [9.17, 15) is 9.59 Å². The van der Waals surface area contributed by atoms with Crippen molar-refractivity contribution in [3.8, 4) is 11.5 Å². The molecule has 0 aliphatic carbocycles. The molecule has 7 nitrogen and oxygen atoms in total. The molecule has 0 bridgehead atoms. The van der Waals surface area contributed by atoms with Gasteiger partial charge in [-0.15, -0.1) is 5.01 Å². The molecular formula is C23H27N3O4. The molecule has 1 atom stereocenters. The van der Waals surface area contributed by atoms with Crippen LogP contribution in [-0.2, 0) is 10.3 Å². The average Bonchev–Trinajstić information content (AvgIpc) is 2.96. The Morgan fingerprint density at radius 3 is 2.30 bits per heavy atom. The fraction of sp³-hybridized carbons (Fsp3) is 0.348. The molecule has 1 heterocycles. The van der Waals surface area contributed by atoms with E-state index in [2.05, 4.69) is 24.3 Å². The van der Waals surface area contributed by atoms with E-state index in [4.69, 9.17) is 9.47 Å². The van der Waals surface area contributed by atoms with Gasteiger partial charge < -0.3 is 14.8 Å². The van der Waals surface area contributed by atoms with Crippen LogP contribution in [0.5, 0.6) is 11.5 Å². The molecular weight excluding hydrogens is 382 g/mol. The molecule has 0 radical (unpaired) electrons. The van der Waals surface area contributed by atoms with E-state index < -0.39 is 17.5 Å². The van der Waals surface area contributed by atoms with Crippen molar-refractivity contribution >= 4 is 18.2 Å². The summed E-state index contributed by atoms with van der Waals surface area (Å²) < 4.78 is 10.8. The van der Waals surface area contributed by atoms with Crippen molar-refractivity contribution in [2.24, 2.45) is 11.0 Å². The summed E-state index contributed by atoms with van der Waals surface area (Å²) in [5.74, 6) is 1.59. The lowest BCUT2D eigenvalue weighted by molar-refractivity contribution is -0.131. The van der Waals surface area contributed by atoms with E-state index in [1.54, 1.807) is 38.3 Å². The molecule has 3 amide bonds. The highest BCUT2D eigenvalue weighted by Crippen LogP contribution is 2.30. The minimum absolute atomic E-state index is 0.442. The summed E-state index contributed by atoms with van der Waals surface area (Å²) in [6.45, 7) is 6.63. The molecule has 1 fully saturated rings. The maximum absolute atomic E-state index is 12.9. The fourth-order valence-corrected chi connectivity index (χ4v) is 3.04. The molecule has 1 N–H and O–H groups in total. The Morgan fingerprint density at radius 2 is 1.70 bits per heavy atom. The Balaban J connectivity index is 1.68. The number of hydrazone groups is 1. The zero-order valence-corrected chi connectivity index (χ0v) is 17.7. The van der Waals surface area contributed by atoms with Gasteiger partial charge in [-0.3, -0.25) is 4.79 Å². The quantitative estimate of drug-likeness (QED) is 0.529. The van der Waals surface area contributed by atoms with Crippen LogP contribution in [0.1, 0.15) is 38.3 Å². The van der Waals surface area contributed by atoms with Crippen molar-refractivity contribution in [3.05, 3.63) is 59.7 Å². The molecule has 1 aliphatic rings. The number of urea groups is 1. The molecule has 0 spiro atoms. The van der Waals surface area contributed by atoms with E-state index in [-0.39, 0.29) is 0 Å². The summed E-state index contributed by atoms with van der Waals surface area (Å²) in [6.07, 6.45) is 2.47. The van der Waals surface area contributed by atoms with Crippen LogP contribution < -0.4 is 14.8 Å². The zero-order chi connectivity index (χ0) is 21.7. The molecule has 2 aromatic rings. The van der Waals surface area contributed by atoms with Crippen LogP contribution in [0.15, 0.2) is 53.6 Å². The van der Waals surface area contributed by atoms with Crippen molar-refractivity contribution in [2.75, 3.05) is 13.7 Å². The number of methoxy groups -OCH3 is 1.